The van der Waals surface area contributed by atoms with E-state index in [1.807, 2.05) is 24.7 Å². The van der Waals surface area contributed by atoms with E-state index in [1.54, 1.807) is 0 Å². The molecule has 2 aromatic rings. The topological polar surface area (TPSA) is 50.2 Å². The number of amides is 1. The van der Waals surface area contributed by atoms with Crippen LogP contribution in [-0.4, -0.2) is 46.3 Å². The fraction of sp³-hybridized carbons (Fsp3) is 0.429. The van der Waals surface area contributed by atoms with E-state index in [9.17, 15) is 4.79 Å². The molecule has 0 aliphatic carbocycles. The second-order valence-electron chi connectivity index (χ2n) is 7.38. The molecule has 1 aliphatic heterocycles. The van der Waals surface area contributed by atoms with E-state index in [4.69, 9.17) is 0 Å². The Morgan fingerprint density at radius 3 is 2.73 bits per heavy atom. The van der Waals surface area contributed by atoms with Crippen LogP contribution in [0.25, 0.3) is 11.3 Å². The van der Waals surface area contributed by atoms with Crippen LogP contribution in [0, 0.1) is 13.8 Å². The lowest BCUT2D eigenvalue weighted by Gasteiger charge is -2.25. The molecule has 1 aromatic carbocycles. The van der Waals surface area contributed by atoms with Crippen LogP contribution >= 0.6 is 0 Å². The third kappa shape index (κ3) is 4.41. The molecular weight excluding hydrogens is 324 g/mol. The second-order valence-corrected chi connectivity index (χ2v) is 7.38. The Balaban J connectivity index is 1.65. The zero-order valence-corrected chi connectivity index (χ0v) is 16.1. The van der Waals surface area contributed by atoms with Crippen LogP contribution in [0.1, 0.15) is 37.0 Å². The molecule has 0 atom stereocenters. The normalized spacial score (nSPS) is 15.2. The molecule has 1 N–H and O–H groups in total. The maximum atomic E-state index is 11.9. The first-order valence-corrected chi connectivity index (χ1v) is 9.26. The number of rotatable bonds is 5. The lowest BCUT2D eigenvalue weighted by molar-refractivity contribution is -0.122. The minimum atomic E-state index is 0.0967. The minimum absolute atomic E-state index is 0.0967. The Kier molecular flexibility index (Phi) is 5.57. The fourth-order valence-electron chi connectivity index (χ4n) is 3.19. The predicted molar refractivity (Wildman–Crippen MR) is 105 cm³/mol. The maximum Gasteiger partial charge on any atom is 0.234 e. The molecule has 1 amide bonds. The van der Waals surface area contributed by atoms with Gasteiger partial charge in [-0.3, -0.25) is 9.69 Å². The average molecular weight is 352 g/mol. The fourth-order valence-corrected chi connectivity index (χ4v) is 3.19. The summed E-state index contributed by atoms with van der Waals surface area (Å²) in [4.78, 5) is 14.1. The predicted octanol–water partition coefficient (Wildman–Crippen LogP) is 3.10. The van der Waals surface area contributed by atoms with Crippen LogP contribution in [0.3, 0.4) is 0 Å². The van der Waals surface area contributed by atoms with Crippen molar-refractivity contribution < 1.29 is 4.79 Å². The lowest BCUT2D eigenvalue weighted by atomic mass is 10.0. The van der Waals surface area contributed by atoms with Crippen molar-refractivity contribution in [1.82, 2.24) is 20.0 Å². The summed E-state index contributed by atoms with van der Waals surface area (Å²) in [7, 11) is 0. The van der Waals surface area contributed by atoms with Crippen molar-refractivity contribution in [2.45, 2.75) is 40.2 Å². The highest BCUT2D eigenvalue weighted by Crippen LogP contribution is 2.23. The average Bonchev–Trinajstić information content (AvgIpc) is 3.07. The molecule has 3 rings (SSSR count). The van der Waals surface area contributed by atoms with Crippen molar-refractivity contribution in [2.24, 2.45) is 0 Å². The Morgan fingerprint density at radius 1 is 1.27 bits per heavy atom. The molecule has 5 heteroatoms. The number of aryl methyl sites for hydroxylation is 2. The largest absolute Gasteiger partial charge is 0.353 e. The van der Waals surface area contributed by atoms with E-state index in [0.717, 1.165) is 30.8 Å². The Morgan fingerprint density at radius 2 is 2.08 bits per heavy atom. The first-order valence-electron chi connectivity index (χ1n) is 9.26. The molecule has 0 bridgehead atoms. The number of nitrogens with one attached hydrogen (secondary N) is 1. The Hall–Kier alpha value is -2.40. The van der Waals surface area contributed by atoms with Gasteiger partial charge in [-0.05, 0) is 62.9 Å². The van der Waals surface area contributed by atoms with Crippen molar-refractivity contribution in [3.05, 3.63) is 53.4 Å². The molecular formula is C21H28N4O. The van der Waals surface area contributed by atoms with Gasteiger partial charge in [0, 0.05) is 30.9 Å². The number of hydrogen-bond donors (Lipinski definition) is 1. The van der Waals surface area contributed by atoms with E-state index in [1.165, 1.54) is 16.7 Å². The molecule has 0 fully saturated rings. The number of benzene rings is 1. The zero-order chi connectivity index (χ0) is 18.7. The number of aromatic nitrogens is 2. The smallest absolute Gasteiger partial charge is 0.234 e. The van der Waals surface area contributed by atoms with Crippen molar-refractivity contribution in [2.75, 3.05) is 19.6 Å². The summed E-state index contributed by atoms with van der Waals surface area (Å²) in [6.07, 6.45) is 7.18. The highest BCUT2D eigenvalue weighted by Gasteiger charge is 2.17. The first-order chi connectivity index (χ1) is 12.4. The van der Waals surface area contributed by atoms with Crippen LogP contribution in [-0.2, 0) is 4.79 Å². The summed E-state index contributed by atoms with van der Waals surface area (Å²) in [5.74, 6) is 0.0967. The van der Waals surface area contributed by atoms with Crippen molar-refractivity contribution in [3.8, 4) is 5.69 Å². The van der Waals surface area contributed by atoms with Crippen LogP contribution in [0.2, 0.25) is 0 Å². The molecule has 26 heavy (non-hydrogen) atoms. The van der Waals surface area contributed by atoms with Gasteiger partial charge < -0.3 is 5.32 Å². The van der Waals surface area contributed by atoms with Crippen LogP contribution < -0.4 is 5.32 Å². The highest BCUT2D eigenvalue weighted by atomic mass is 16.2. The Bertz CT molecular complexity index is 819. The summed E-state index contributed by atoms with van der Waals surface area (Å²) in [6, 6.07) is 6.58. The van der Waals surface area contributed by atoms with Gasteiger partial charge >= 0.3 is 0 Å². The minimum Gasteiger partial charge on any atom is -0.353 e. The van der Waals surface area contributed by atoms with Gasteiger partial charge in [0.05, 0.1) is 18.4 Å². The van der Waals surface area contributed by atoms with E-state index in [-0.39, 0.29) is 11.9 Å². The summed E-state index contributed by atoms with van der Waals surface area (Å²) in [6.45, 7) is 10.4. The van der Waals surface area contributed by atoms with Gasteiger partial charge in [-0.1, -0.05) is 12.1 Å². The molecule has 2 heterocycles. The molecule has 0 radical (unpaired) electrons. The van der Waals surface area contributed by atoms with E-state index >= 15 is 0 Å². The highest BCUT2D eigenvalue weighted by molar-refractivity contribution is 5.78. The number of hydrogen-bond acceptors (Lipinski definition) is 3. The van der Waals surface area contributed by atoms with Gasteiger partial charge in [0.2, 0.25) is 5.91 Å². The lowest BCUT2D eigenvalue weighted by Crippen LogP contribution is -2.41. The number of carbonyl (C=O) groups is 1. The molecule has 5 nitrogen and oxygen atoms in total. The van der Waals surface area contributed by atoms with Crippen molar-refractivity contribution in [1.29, 1.82) is 0 Å². The number of carbonyl (C=O) groups excluding carboxylic acids is 1. The maximum absolute atomic E-state index is 11.9. The van der Waals surface area contributed by atoms with Gasteiger partial charge in [-0.25, -0.2) is 4.68 Å². The molecule has 1 aromatic heterocycles. The van der Waals surface area contributed by atoms with Gasteiger partial charge in [-0.15, -0.1) is 0 Å². The van der Waals surface area contributed by atoms with Crippen LogP contribution in [0.5, 0.6) is 0 Å². The molecule has 0 unspecified atom stereocenters. The van der Waals surface area contributed by atoms with Crippen LogP contribution in [0.15, 0.2) is 36.7 Å². The molecule has 138 valence electrons. The monoisotopic (exact) mass is 352 g/mol. The second kappa shape index (κ2) is 7.87. The summed E-state index contributed by atoms with van der Waals surface area (Å²) < 4.78 is 1.94. The van der Waals surface area contributed by atoms with Crippen LogP contribution in [0.4, 0.5) is 0 Å². The van der Waals surface area contributed by atoms with Gasteiger partial charge in [0.1, 0.15) is 0 Å². The SMILES string of the molecule is Cc1ccc(-n2cc(C3=CCN(CC(=O)NC(C)C)CC3)cn2)cc1C. The molecule has 0 spiro atoms. The van der Waals surface area contributed by atoms with E-state index in [2.05, 4.69) is 59.6 Å². The first kappa shape index (κ1) is 18.4. The standard InChI is InChI=1S/C21H28N4O/c1-15(2)23-21(26)14-24-9-7-18(8-10-24)19-12-22-25(13-19)20-6-5-16(3)17(4)11-20/h5-7,11-13,15H,8-10,14H2,1-4H3,(H,23,26). The van der Waals surface area contributed by atoms with Gasteiger partial charge in [0.25, 0.3) is 0 Å². The molecule has 0 saturated heterocycles. The van der Waals surface area contributed by atoms with Crippen molar-refractivity contribution >= 4 is 11.5 Å². The van der Waals surface area contributed by atoms with Gasteiger partial charge in [-0.2, -0.15) is 5.10 Å². The van der Waals surface area contributed by atoms with Crippen molar-refractivity contribution in [3.63, 3.8) is 0 Å². The number of nitrogens with zero attached hydrogens (tertiary/aromatic N) is 3. The third-order valence-corrected chi connectivity index (χ3v) is 4.82. The Labute approximate surface area is 155 Å². The van der Waals surface area contributed by atoms with Gasteiger partial charge in [0.15, 0.2) is 0 Å². The molecule has 0 saturated carbocycles. The third-order valence-electron chi connectivity index (χ3n) is 4.82. The quantitative estimate of drug-likeness (QED) is 0.900. The van der Waals surface area contributed by atoms with E-state index < -0.39 is 0 Å². The molecule has 1 aliphatic rings. The van der Waals surface area contributed by atoms with E-state index in [0.29, 0.717) is 6.54 Å². The summed E-state index contributed by atoms with van der Waals surface area (Å²) >= 11 is 0. The summed E-state index contributed by atoms with van der Waals surface area (Å²) in [5, 5.41) is 7.48. The zero-order valence-electron chi connectivity index (χ0n) is 16.1. The summed E-state index contributed by atoms with van der Waals surface area (Å²) in [5.41, 5.74) is 6.11.